The van der Waals surface area contributed by atoms with Crippen LogP contribution in [-0.4, -0.2) is 15.3 Å². The molecule has 0 aliphatic carbocycles. The van der Waals surface area contributed by atoms with Gasteiger partial charge in [0.05, 0.1) is 23.3 Å². The van der Waals surface area contributed by atoms with Gasteiger partial charge in [-0.3, -0.25) is 14.2 Å². The fraction of sp³-hybridized carbons (Fsp3) is 0.118. The monoisotopic (exact) mass is 530 g/mol. The molecule has 0 aliphatic heterocycles. The zero-order valence-corrected chi connectivity index (χ0v) is 16.5. The Labute approximate surface area is 160 Å². The predicted octanol–water partition coefficient (Wildman–Crippen LogP) is 4.05. The number of rotatable bonds is 3. The Morgan fingerprint density at radius 2 is 1.87 bits per heavy atom. The molecule has 3 aromatic rings. The van der Waals surface area contributed by atoms with Crippen LogP contribution in [0.3, 0.4) is 0 Å². The number of carbonyl (C=O) groups is 1. The fourth-order valence-corrected chi connectivity index (χ4v) is 4.40. The van der Waals surface area contributed by atoms with Crippen molar-refractivity contribution >= 4 is 61.9 Å². The number of ketones is 1. The lowest BCUT2D eigenvalue weighted by Gasteiger charge is -2.14. The molecule has 0 N–H and O–H groups in total. The minimum absolute atomic E-state index is 0.103. The molecular weight excluding hydrogens is 518 g/mol. The van der Waals surface area contributed by atoms with Crippen LogP contribution in [0, 0.1) is 7.14 Å². The quantitative estimate of drug-likeness (QED) is 0.380. The van der Waals surface area contributed by atoms with Crippen molar-refractivity contribution in [3.63, 3.8) is 0 Å². The van der Waals surface area contributed by atoms with Crippen LogP contribution < -0.4 is 5.56 Å². The van der Waals surface area contributed by atoms with Crippen LogP contribution in [0.15, 0.2) is 53.6 Å². The Morgan fingerprint density at radius 1 is 1.17 bits per heavy atom. The first-order valence-electron chi connectivity index (χ1n) is 6.94. The van der Waals surface area contributed by atoms with Gasteiger partial charge in [0.25, 0.3) is 5.56 Å². The van der Waals surface area contributed by atoms with Crippen molar-refractivity contribution in [2.45, 2.75) is 13.0 Å². The van der Waals surface area contributed by atoms with Gasteiger partial charge in [-0.1, -0.05) is 30.3 Å². The lowest BCUT2D eigenvalue weighted by atomic mass is 10.1. The summed E-state index contributed by atoms with van der Waals surface area (Å²) in [6.07, 6.45) is 1.46. The summed E-state index contributed by atoms with van der Waals surface area (Å²) in [5.41, 5.74) is 1.07. The molecule has 0 fully saturated rings. The summed E-state index contributed by atoms with van der Waals surface area (Å²) in [6.45, 7) is 1.73. The number of aromatic nitrogens is 2. The largest absolute Gasteiger partial charge is 0.292 e. The molecule has 3 rings (SSSR count). The van der Waals surface area contributed by atoms with E-state index in [1.165, 1.54) is 10.9 Å². The van der Waals surface area contributed by atoms with Gasteiger partial charge in [-0.25, -0.2) is 4.98 Å². The summed E-state index contributed by atoms with van der Waals surface area (Å²) in [4.78, 5) is 29.7. The minimum Gasteiger partial charge on any atom is -0.292 e. The molecule has 0 unspecified atom stereocenters. The number of hydrogen-bond donors (Lipinski definition) is 0. The van der Waals surface area contributed by atoms with Crippen molar-refractivity contribution < 1.29 is 4.79 Å². The summed E-state index contributed by atoms with van der Waals surface area (Å²) in [6, 6.07) is 12.2. The molecule has 6 heteroatoms. The van der Waals surface area contributed by atoms with E-state index < -0.39 is 6.04 Å². The number of fused-ring (bicyclic) bond motifs is 1. The van der Waals surface area contributed by atoms with E-state index in [-0.39, 0.29) is 11.3 Å². The highest BCUT2D eigenvalue weighted by Crippen LogP contribution is 2.20. The van der Waals surface area contributed by atoms with E-state index in [2.05, 4.69) is 50.2 Å². The van der Waals surface area contributed by atoms with E-state index >= 15 is 0 Å². The molecular formula is C17H12I2N2O2. The van der Waals surface area contributed by atoms with E-state index in [4.69, 9.17) is 0 Å². The highest BCUT2D eigenvalue weighted by molar-refractivity contribution is 14.1. The first-order valence-corrected chi connectivity index (χ1v) is 9.10. The highest BCUT2D eigenvalue weighted by Gasteiger charge is 2.19. The molecule has 23 heavy (non-hydrogen) atoms. The van der Waals surface area contributed by atoms with Gasteiger partial charge in [-0.05, 0) is 64.2 Å². The zero-order chi connectivity index (χ0) is 16.6. The van der Waals surface area contributed by atoms with Crippen molar-refractivity contribution in [3.8, 4) is 0 Å². The average molecular weight is 530 g/mol. The molecule has 1 atom stereocenters. The summed E-state index contributed by atoms with van der Waals surface area (Å²) < 4.78 is 3.30. The van der Waals surface area contributed by atoms with Crippen LogP contribution >= 0.6 is 45.2 Å². The maximum absolute atomic E-state index is 12.8. The van der Waals surface area contributed by atoms with Crippen LogP contribution in [0.1, 0.15) is 23.3 Å². The molecule has 0 saturated heterocycles. The molecule has 0 saturated carbocycles. The maximum Gasteiger partial charge on any atom is 0.261 e. The van der Waals surface area contributed by atoms with Gasteiger partial charge in [0.15, 0.2) is 5.78 Å². The second-order valence-corrected chi connectivity index (χ2v) is 7.55. The van der Waals surface area contributed by atoms with Gasteiger partial charge in [0, 0.05) is 12.7 Å². The van der Waals surface area contributed by atoms with Gasteiger partial charge < -0.3 is 0 Å². The number of Topliss-reactive ketones (excluding diaryl/α,β-unsaturated/α-hetero) is 1. The third-order valence-electron chi connectivity index (χ3n) is 3.66. The second-order valence-electron chi connectivity index (χ2n) is 5.15. The molecule has 0 bridgehead atoms. The Morgan fingerprint density at radius 3 is 2.57 bits per heavy atom. The van der Waals surface area contributed by atoms with Gasteiger partial charge in [0.1, 0.15) is 0 Å². The third kappa shape index (κ3) is 3.18. The summed E-state index contributed by atoms with van der Waals surface area (Å²) in [5.74, 6) is -0.103. The van der Waals surface area contributed by atoms with Crippen LogP contribution in [-0.2, 0) is 0 Å². The Kier molecular flexibility index (Phi) is 4.81. The van der Waals surface area contributed by atoms with E-state index in [0.717, 1.165) is 7.14 Å². The predicted molar refractivity (Wildman–Crippen MR) is 107 cm³/mol. The zero-order valence-electron chi connectivity index (χ0n) is 12.2. The van der Waals surface area contributed by atoms with Crippen LogP contribution in [0.5, 0.6) is 0 Å². The summed E-state index contributed by atoms with van der Waals surface area (Å²) in [7, 11) is 0. The van der Waals surface area contributed by atoms with E-state index in [0.29, 0.717) is 16.5 Å². The first-order chi connectivity index (χ1) is 11.0. The van der Waals surface area contributed by atoms with Gasteiger partial charge in [-0.15, -0.1) is 0 Å². The van der Waals surface area contributed by atoms with Crippen molar-refractivity contribution in [2.75, 3.05) is 0 Å². The van der Waals surface area contributed by atoms with E-state index in [1.54, 1.807) is 19.1 Å². The molecule has 0 spiro atoms. The highest BCUT2D eigenvalue weighted by atomic mass is 127. The Bertz CT molecular complexity index is 952. The van der Waals surface area contributed by atoms with Crippen molar-refractivity contribution in [2.24, 2.45) is 0 Å². The number of carbonyl (C=O) groups excluding carboxylic acids is 1. The van der Waals surface area contributed by atoms with Gasteiger partial charge in [-0.2, -0.15) is 0 Å². The molecule has 1 heterocycles. The number of nitrogens with zero attached hydrogens (tertiary/aromatic N) is 2. The first kappa shape index (κ1) is 16.6. The Balaban J connectivity index is 2.12. The standard InChI is InChI=1S/C17H12I2N2O2/c1-10(16(22)11-5-3-2-4-6-11)21-9-20-15-13(17(21)23)7-12(18)8-14(15)19/h2-10H,1H3/t10-/m1/s1. The molecule has 0 amide bonds. The van der Waals surface area contributed by atoms with Crippen LogP contribution in [0.2, 0.25) is 0 Å². The van der Waals surface area contributed by atoms with Crippen molar-refractivity contribution in [3.05, 3.63) is 71.8 Å². The molecule has 4 nitrogen and oxygen atoms in total. The molecule has 0 aliphatic rings. The Hall–Kier alpha value is -1.29. The van der Waals surface area contributed by atoms with Crippen LogP contribution in [0.25, 0.3) is 10.9 Å². The van der Waals surface area contributed by atoms with Crippen molar-refractivity contribution in [1.82, 2.24) is 9.55 Å². The van der Waals surface area contributed by atoms with Gasteiger partial charge >= 0.3 is 0 Å². The van der Waals surface area contributed by atoms with Crippen molar-refractivity contribution in [1.29, 1.82) is 0 Å². The van der Waals surface area contributed by atoms with E-state index in [1.807, 2.05) is 30.3 Å². The summed E-state index contributed by atoms with van der Waals surface area (Å²) >= 11 is 4.34. The maximum atomic E-state index is 12.8. The summed E-state index contributed by atoms with van der Waals surface area (Å²) in [5, 5.41) is 0.538. The molecule has 2 aromatic carbocycles. The third-order valence-corrected chi connectivity index (χ3v) is 5.10. The van der Waals surface area contributed by atoms with E-state index in [9.17, 15) is 9.59 Å². The minimum atomic E-state index is -0.600. The smallest absolute Gasteiger partial charge is 0.261 e. The fourth-order valence-electron chi connectivity index (χ4n) is 2.42. The number of hydrogen-bond acceptors (Lipinski definition) is 3. The van der Waals surface area contributed by atoms with Gasteiger partial charge in [0.2, 0.25) is 0 Å². The van der Waals surface area contributed by atoms with Crippen LogP contribution in [0.4, 0.5) is 0 Å². The number of benzene rings is 2. The lowest BCUT2D eigenvalue weighted by molar-refractivity contribution is 0.0932. The normalized spacial score (nSPS) is 12.3. The molecule has 0 radical (unpaired) electrons. The SMILES string of the molecule is C[C@H](C(=O)c1ccccc1)n1cnc2c(I)cc(I)cc2c1=O. The average Bonchev–Trinajstić information content (AvgIpc) is 2.55. The second kappa shape index (κ2) is 6.68. The lowest BCUT2D eigenvalue weighted by Crippen LogP contribution is -2.28. The molecule has 116 valence electrons. The topological polar surface area (TPSA) is 52.0 Å². The number of halogens is 2. The molecule has 1 aromatic heterocycles.